The normalized spacial score (nSPS) is 10.8. The highest BCUT2D eigenvalue weighted by Gasteiger charge is 2.12. The molecule has 0 fully saturated rings. The third-order valence-electron chi connectivity index (χ3n) is 3.57. The molecule has 25 heavy (non-hydrogen) atoms. The fourth-order valence-corrected chi connectivity index (χ4v) is 2.47. The van der Waals surface area contributed by atoms with E-state index in [1.807, 2.05) is 43.4 Å². The van der Waals surface area contributed by atoms with E-state index in [9.17, 15) is 9.18 Å². The van der Waals surface area contributed by atoms with Gasteiger partial charge in [-0.1, -0.05) is 41.6 Å². The number of benzene rings is 2. The maximum Gasteiger partial charge on any atom is 0.238 e. The predicted octanol–water partition coefficient (Wildman–Crippen LogP) is 3.55. The Morgan fingerprint density at radius 2 is 1.96 bits per heavy atom. The van der Waals surface area contributed by atoms with Crippen LogP contribution in [0.2, 0.25) is 0 Å². The van der Waals surface area contributed by atoms with Gasteiger partial charge in [0, 0.05) is 23.9 Å². The second-order valence-electron chi connectivity index (χ2n) is 5.78. The molecular formula is C19H18FN3O2. The zero-order valence-electron chi connectivity index (χ0n) is 13.8. The van der Waals surface area contributed by atoms with E-state index in [0.717, 1.165) is 11.3 Å². The van der Waals surface area contributed by atoms with Gasteiger partial charge in [0.25, 0.3) is 0 Å². The molecule has 0 aliphatic heterocycles. The zero-order valence-corrected chi connectivity index (χ0v) is 13.8. The van der Waals surface area contributed by atoms with Crippen molar-refractivity contribution in [2.75, 3.05) is 18.9 Å². The number of nitrogens with one attached hydrogen (secondary N) is 1. The monoisotopic (exact) mass is 339 g/mol. The van der Waals surface area contributed by atoms with Crippen molar-refractivity contribution in [2.24, 2.45) is 0 Å². The van der Waals surface area contributed by atoms with Gasteiger partial charge < -0.3 is 9.84 Å². The van der Waals surface area contributed by atoms with Gasteiger partial charge in [0.2, 0.25) is 5.91 Å². The molecule has 0 saturated carbocycles. The van der Waals surface area contributed by atoms with Gasteiger partial charge in [-0.3, -0.25) is 9.69 Å². The van der Waals surface area contributed by atoms with Gasteiger partial charge in [0.15, 0.2) is 5.76 Å². The van der Waals surface area contributed by atoms with Crippen molar-refractivity contribution < 1.29 is 13.7 Å². The van der Waals surface area contributed by atoms with Crippen molar-refractivity contribution >= 4 is 11.6 Å². The fourth-order valence-electron chi connectivity index (χ4n) is 2.47. The zero-order chi connectivity index (χ0) is 17.6. The summed E-state index contributed by atoms with van der Waals surface area (Å²) in [4.78, 5) is 13.8. The predicted molar refractivity (Wildman–Crippen MR) is 93.3 cm³/mol. The number of carbonyl (C=O) groups excluding carboxylic acids is 1. The summed E-state index contributed by atoms with van der Waals surface area (Å²) >= 11 is 0. The van der Waals surface area contributed by atoms with E-state index < -0.39 is 0 Å². The van der Waals surface area contributed by atoms with E-state index in [1.54, 1.807) is 17.0 Å². The highest BCUT2D eigenvalue weighted by molar-refractivity contribution is 5.92. The van der Waals surface area contributed by atoms with Gasteiger partial charge in [-0.2, -0.15) is 0 Å². The maximum atomic E-state index is 13.1. The van der Waals surface area contributed by atoms with E-state index in [2.05, 4.69) is 10.5 Å². The Morgan fingerprint density at radius 1 is 1.16 bits per heavy atom. The molecule has 6 heteroatoms. The van der Waals surface area contributed by atoms with Crippen molar-refractivity contribution in [3.8, 4) is 11.3 Å². The minimum Gasteiger partial charge on any atom is -0.356 e. The number of amides is 1. The van der Waals surface area contributed by atoms with Crippen LogP contribution in [0, 0.1) is 5.82 Å². The molecule has 1 N–H and O–H groups in total. The summed E-state index contributed by atoms with van der Waals surface area (Å²) in [5.74, 6) is 0.0790. The van der Waals surface area contributed by atoms with Crippen LogP contribution in [0.15, 0.2) is 65.2 Å². The van der Waals surface area contributed by atoms with Crippen molar-refractivity contribution in [1.29, 1.82) is 0 Å². The first kappa shape index (κ1) is 16.9. The third-order valence-corrected chi connectivity index (χ3v) is 3.57. The largest absolute Gasteiger partial charge is 0.356 e. The number of rotatable bonds is 6. The number of carbonyl (C=O) groups is 1. The molecule has 0 saturated heterocycles. The second-order valence-corrected chi connectivity index (χ2v) is 5.78. The molecule has 0 radical (unpaired) electrons. The van der Waals surface area contributed by atoms with Crippen LogP contribution >= 0.6 is 0 Å². The molecule has 3 rings (SSSR count). The average molecular weight is 339 g/mol. The molecule has 3 aromatic rings. The Labute approximate surface area is 145 Å². The summed E-state index contributed by atoms with van der Waals surface area (Å²) in [5, 5.41) is 6.70. The van der Waals surface area contributed by atoms with Gasteiger partial charge in [-0.15, -0.1) is 0 Å². The Kier molecular flexibility index (Phi) is 5.20. The first-order valence-corrected chi connectivity index (χ1v) is 7.85. The van der Waals surface area contributed by atoms with Crippen molar-refractivity contribution in [1.82, 2.24) is 10.1 Å². The Hall–Kier alpha value is -2.99. The molecule has 0 aliphatic rings. The Morgan fingerprint density at radius 3 is 2.72 bits per heavy atom. The second kappa shape index (κ2) is 7.72. The summed E-state index contributed by atoms with van der Waals surface area (Å²) in [6.07, 6.45) is 0. The smallest absolute Gasteiger partial charge is 0.238 e. The summed E-state index contributed by atoms with van der Waals surface area (Å²) in [6.45, 7) is 0.622. The topological polar surface area (TPSA) is 58.4 Å². The van der Waals surface area contributed by atoms with Crippen LogP contribution in [0.4, 0.5) is 10.1 Å². The average Bonchev–Trinajstić information content (AvgIpc) is 3.03. The number of halogens is 1. The van der Waals surface area contributed by atoms with E-state index in [0.29, 0.717) is 18.0 Å². The summed E-state index contributed by atoms with van der Waals surface area (Å²) in [6, 6.07) is 17.3. The van der Waals surface area contributed by atoms with Gasteiger partial charge >= 0.3 is 0 Å². The molecular weight excluding hydrogens is 321 g/mol. The number of aromatic nitrogens is 1. The van der Waals surface area contributed by atoms with E-state index in [1.165, 1.54) is 12.1 Å². The third kappa shape index (κ3) is 4.74. The van der Waals surface area contributed by atoms with Crippen LogP contribution in [0.1, 0.15) is 5.69 Å². The lowest BCUT2D eigenvalue weighted by molar-refractivity contribution is -0.117. The molecule has 1 heterocycles. The lowest BCUT2D eigenvalue weighted by atomic mass is 10.1. The minimum absolute atomic E-state index is 0.157. The molecule has 0 aliphatic carbocycles. The van der Waals surface area contributed by atoms with Crippen LogP contribution in [0.25, 0.3) is 11.3 Å². The number of anilines is 1. The van der Waals surface area contributed by atoms with Crippen molar-refractivity contribution in [3.63, 3.8) is 0 Å². The first-order valence-electron chi connectivity index (χ1n) is 7.85. The van der Waals surface area contributed by atoms with E-state index in [4.69, 9.17) is 4.52 Å². The number of nitrogens with zero attached hydrogens (tertiary/aromatic N) is 2. The standard InChI is InChI=1S/C19H18FN3O2/c1-23(13-19(24)21-16-9-5-8-15(20)10-16)12-17-11-18(25-22-17)14-6-3-2-4-7-14/h2-11H,12-13H2,1H3,(H,21,24). The quantitative estimate of drug-likeness (QED) is 0.746. The lowest BCUT2D eigenvalue weighted by Crippen LogP contribution is -2.29. The molecule has 0 bridgehead atoms. The van der Waals surface area contributed by atoms with Gasteiger partial charge in [-0.05, 0) is 25.2 Å². The molecule has 2 aromatic carbocycles. The number of hydrogen-bond donors (Lipinski definition) is 1. The number of likely N-dealkylation sites (N-methyl/N-ethyl adjacent to an activating group) is 1. The maximum absolute atomic E-state index is 13.1. The molecule has 1 aromatic heterocycles. The minimum atomic E-state index is -0.387. The van der Waals surface area contributed by atoms with Crippen LogP contribution in [0.3, 0.4) is 0 Å². The molecule has 0 unspecified atom stereocenters. The summed E-state index contributed by atoms with van der Waals surface area (Å²) in [7, 11) is 1.81. The van der Waals surface area contributed by atoms with Gasteiger partial charge in [0.1, 0.15) is 5.82 Å². The SMILES string of the molecule is CN(CC(=O)Nc1cccc(F)c1)Cc1cc(-c2ccccc2)on1. The molecule has 0 spiro atoms. The Bertz CT molecular complexity index is 849. The van der Waals surface area contributed by atoms with Crippen LogP contribution in [-0.4, -0.2) is 29.6 Å². The van der Waals surface area contributed by atoms with E-state index >= 15 is 0 Å². The first-order chi connectivity index (χ1) is 12.1. The molecule has 5 nitrogen and oxygen atoms in total. The fraction of sp³-hybridized carbons (Fsp3) is 0.158. The van der Waals surface area contributed by atoms with Crippen LogP contribution in [0.5, 0.6) is 0 Å². The van der Waals surface area contributed by atoms with Crippen LogP contribution in [-0.2, 0) is 11.3 Å². The molecule has 128 valence electrons. The van der Waals surface area contributed by atoms with E-state index in [-0.39, 0.29) is 18.3 Å². The number of hydrogen-bond acceptors (Lipinski definition) is 4. The van der Waals surface area contributed by atoms with Crippen molar-refractivity contribution in [3.05, 3.63) is 72.2 Å². The van der Waals surface area contributed by atoms with Crippen LogP contribution < -0.4 is 5.32 Å². The van der Waals surface area contributed by atoms with Gasteiger partial charge in [-0.25, -0.2) is 4.39 Å². The summed E-state index contributed by atoms with van der Waals surface area (Å²) in [5.41, 5.74) is 2.12. The highest BCUT2D eigenvalue weighted by atomic mass is 19.1. The molecule has 1 amide bonds. The lowest BCUT2D eigenvalue weighted by Gasteiger charge is -2.14. The summed E-state index contributed by atoms with van der Waals surface area (Å²) < 4.78 is 18.5. The highest BCUT2D eigenvalue weighted by Crippen LogP contribution is 2.20. The van der Waals surface area contributed by atoms with Gasteiger partial charge in [0.05, 0.1) is 12.2 Å². The molecule has 0 atom stereocenters. The van der Waals surface area contributed by atoms with Crippen molar-refractivity contribution in [2.45, 2.75) is 6.54 Å². The Balaban J connectivity index is 1.55.